The van der Waals surface area contributed by atoms with Gasteiger partial charge in [0.2, 0.25) is 0 Å². The third kappa shape index (κ3) is 4.55. The molecule has 0 fully saturated rings. The predicted octanol–water partition coefficient (Wildman–Crippen LogP) is 2.17. The summed E-state index contributed by atoms with van der Waals surface area (Å²) < 4.78 is 63.5. The van der Waals surface area contributed by atoms with Gasteiger partial charge in [0.05, 0.1) is 14.7 Å². The quantitative estimate of drug-likeness (QED) is 0.296. The molecule has 148 valence electrons. The number of benzene rings is 2. The lowest BCUT2D eigenvalue weighted by atomic mass is 10.1. The van der Waals surface area contributed by atoms with Crippen LogP contribution in [0.5, 0.6) is 0 Å². The maximum absolute atomic E-state index is 11.6. The molecule has 0 saturated heterocycles. The third-order valence-electron chi connectivity index (χ3n) is 3.41. The first-order valence-electron chi connectivity index (χ1n) is 7.01. The second-order valence-corrected chi connectivity index (χ2v) is 8.00. The number of hydrogen-bond acceptors (Lipinski definition) is 8. The molecule has 0 amide bonds. The van der Waals surface area contributed by atoms with Crippen molar-refractivity contribution < 1.29 is 35.8 Å². The fourth-order valence-corrected chi connectivity index (χ4v) is 3.58. The van der Waals surface area contributed by atoms with Crippen LogP contribution in [0.2, 0.25) is 0 Å². The number of rotatable bonds is 6. The smallest absolute Gasteiger partial charge is 0.282 e. The lowest BCUT2D eigenvalue weighted by Crippen LogP contribution is -2.08. The van der Waals surface area contributed by atoms with Crippen molar-refractivity contribution in [2.75, 3.05) is 0 Å². The topological polar surface area (TPSA) is 195 Å². The first kappa shape index (κ1) is 21.1. The van der Waals surface area contributed by atoms with Crippen LogP contribution >= 0.6 is 0 Å². The van der Waals surface area contributed by atoms with Crippen LogP contribution in [0.25, 0.3) is 12.2 Å². The minimum absolute atomic E-state index is 0.301. The minimum Gasteiger partial charge on any atom is -0.282 e. The van der Waals surface area contributed by atoms with Gasteiger partial charge >= 0.3 is 21.5 Å². The van der Waals surface area contributed by atoms with Crippen molar-refractivity contribution in [2.24, 2.45) is 0 Å². The van der Waals surface area contributed by atoms with Crippen LogP contribution < -0.4 is 0 Å². The van der Waals surface area contributed by atoms with Gasteiger partial charge < -0.3 is 0 Å². The highest BCUT2D eigenvalue weighted by Crippen LogP contribution is 2.37. The Balaban J connectivity index is 2.63. The lowest BCUT2D eigenvalue weighted by Gasteiger charge is -2.05. The maximum atomic E-state index is 11.6. The summed E-state index contributed by atoms with van der Waals surface area (Å²) in [4.78, 5) is 18.0. The highest BCUT2D eigenvalue weighted by atomic mass is 32.2. The van der Waals surface area contributed by atoms with Crippen LogP contribution in [-0.4, -0.2) is 35.8 Å². The van der Waals surface area contributed by atoms with Crippen molar-refractivity contribution >= 4 is 43.8 Å². The van der Waals surface area contributed by atoms with Crippen molar-refractivity contribution in [3.05, 3.63) is 67.8 Å². The molecule has 0 aliphatic carbocycles. The molecule has 0 heterocycles. The van der Waals surface area contributed by atoms with Crippen molar-refractivity contribution in [1.29, 1.82) is 0 Å². The van der Waals surface area contributed by atoms with Gasteiger partial charge in [-0.3, -0.25) is 29.3 Å². The third-order valence-corrected chi connectivity index (χ3v) is 5.22. The molecule has 0 unspecified atom stereocenters. The largest absolute Gasteiger partial charge is 0.367 e. The van der Waals surface area contributed by atoms with E-state index in [4.69, 9.17) is 4.55 Å². The Morgan fingerprint density at radius 2 is 1.36 bits per heavy atom. The second-order valence-electron chi connectivity index (χ2n) is 5.22. The summed E-state index contributed by atoms with van der Waals surface area (Å²) in [5.74, 6) is 0. The Morgan fingerprint density at radius 3 is 1.79 bits per heavy atom. The Bertz CT molecular complexity index is 1200. The van der Waals surface area contributed by atoms with Gasteiger partial charge in [-0.15, -0.1) is 0 Å². The lowest BCUT2D eigenvalue weighted by molar-refractivity contribution is -0.424. The van der Waals surface area contributed by atoms with E-state index in [1.54, 1.807) is 0 Å². The monoisotopic (exact) mass is 430 g/mol. The fraction of sp³-hybridized carbons (Fsp3) is 0. The molecule has 28 heavy (non-hydrogen) atoms. The normalized spacial score (nSPS) is 12.2. The average Bonchev–Trinajstić information content (AvgIpc) is 2.57. The zero-order chi connectivity index (χ0) is 21.3. The van der Waals surface area contributed by atoms with E-state index in [2.05, 4.69) is 0 Å². The molecular formula is C14H10N2O10S2. The number of hydrogen-bond donors (Lipinski definition) is 2. The van der Waals surface area contributed by atoms with Crippen LogP contribution in [0.1, 0.15) is 11.1 Å². The molecule has 0 aliphatic rings. The zero-order valence-corrected chi connectivity index (χ0v) is 15.1. The average molecular weight is 430 g/mol. The van der Waals surface area contributed by atoms with E-state index < -0.39 is 56.8 Å². The van der Waals surface area contributed by atoms with Crippen molar-refractivity contribution in [3.8, 4) is 0 Å². The molecular weight excluding hydrogens is 420 g/mol. The molecule has 2 rings (SSSR count). The molecule has 2 aromatic rings. The van der Waals surface area contributed by atoms with Crippen LogP contribution in [-0.2, 0) is 20.2 Å². The number of nitro benzene ring substituents is 2. The Morgan fingerprint density at radius 1 is 0.786 bits per heavy atom. The predicted molar refractivity (Wildman–Crippen MR) is 94.8 cm³/mol. The highest BCUT2D eigenvalue weighted by molar-refractivity contribution is 7.86. The van der Waals surface area contributed by atoms with Gasteiger partial charge in [0.1, 0.15) is 0 Å². The van der Waals surface area contributed by atoms with E-state index in [1.165, 1.54) is 18.2 Å². The Hall–Kier alpha value is -3.20. The van der Waals surface area contributed by atoms with E-state index in [0.717, 1.165) is 24.3 Å². The van der Waals surface area contributed by atoms with Crippen LogP contribution in [0.15, 0.2) is 46.2 Å². The van der Waals surface area contributed by atoms with Gasteiger partial charge in [0, 0.05) is 11.6 Å². The van der Waals surface area contributed by atoms with Gasteiger partial charge in [-0.1, -0.05) is 24.3 Å². The van der Waals surface area contributed by atoms with E-state index in [9.17, 15) is 41.6 Å². The second kappa shape index (κ2) is 7.43. The summed E-state index contributed by atoms with van der Waals surface area (Å²) in [6.45, 7) is 0. The molecule has 0 spiro atoms. The number of nitrogens with zero attached hydrogens (tertiary/aromatic N) is 2. The SMILES string of the molecule is O=[N+]([O-])c1ccc(C=Cc2ccc(S(=O)(=O)O)cc2)c(S(=O)(=O)O)c1[N+](=O)[O-]. The molecule has 0 radical (unpaired) electrons. The molecule has 0 atom stereocenters. The molecule has 0 aromatic heterocycles. The number of nitro groups is 2. The summed E-state index contributed by atoms with van der Waals surface area (Å²) in [6.07, 6.45) is 2.25. The van der Waals surface area contributed by atoms with Crippen molar-refractivity contribution in [1.82, 2.24) is 0 Å². The van der Waals surface area contributed by atoms with Gasteiger partial charge in [0.25, 0.3) is 10.1 Å². The van der Waals surface area contributed by atoms with E-state index in [0.29, 0.717) is 11.6 Å². The molecule has 0 aliphatic heterocycles. The van der Waals surface area contributed by atoms with Crippen molar-refractivity contribution in [3.63, 3.8) is 0 Å². The summed E-state index contributed by atoms with van der Waals surface area (Å²) in [5, 5.41) is 22.1. The zero-order valence-electron chi connectivity index (χ0n) is 13.5. The molecule has 0 saturated carbocycles. The molecule has 14 heteroatoms. The Labute approximate surface area is 157 Å². The first-order chi connectivity index (χ1) is 12.8. The standard InChI is InChI=1S/C14H10N2O10S2/c17-15(18)12-8-5-10(14(28(24,25)26)13(12)16(19)20)4-1-9-2-6-11(7-3-9)27(21,22)23/h1-8H,(H,21,22,23)(H,24,25,26). The Kier molecular flexibility index (Phi) is 5.60. The van der Waals surface area contributed by atoms with E-state index in [1.807, 2.05) is 0 Å². The van der Waals surface area contributed by atoms with Gasteiger partial charge in [-0.25, -0.2) is 0 Å². The fourth-order valence-electron chi connectivity index (χ4n) is 2.24. The van der Waals surface area contributed by atoms with E-state index in [-0.39, 0.29) is 0 Å². The van der Waals surface area contributed by atoms with Gasteiger partial charge in [0.15, 0.2) is 4.90 Å². The minimum atomic E-state index is -5.21. The molecule has 2 aromatic carbocycles. The molecule has 2 N–H and O–H groups in total. The molecule has 12 nitrogen and oxygen atoms in total. The van der Waals surface area contributed by atoms with Crippen LogP contribution in [0.3, 0.4) is 0 Å². The molecule has 0 bridgehead atoms. The first-order valence-corrected chi connectivity index (χ1v) is 9.89. The maximum Gasteiger partial charge on any atom is 0.367 e. The van der Waals surface area contributed by atoms with Gasteiger partial charge in [-0.05, 0) is 23.8 Å². The highest BCUT2D eigenvalue weighted by Gasteiger charge is 2.36. The summed E-state index contributed by atoms with van der Waals surface area (Å²) in [6, 6.07) is 6.21. The van der Waals surface area contributed by atoms with Crippen LogP contribution in [0, 0.1) is 20.2 Å². The van der Waals surface area contributed by atoms with Crippen LogP contribution in [0.4, 0.5) is 11.4 Å². The summed E-state index contributed by atoms with van der Waals surface area (Å²) in [5.41, 5.74) is -2.61. The summed E-state index contributed by atoms with van der Waals surface area (Å²) >= 11 is 0. The van der Waals surface area contributed by atoms with E-state index >= 15 is 0 Å². The summed E-state index contributed by atoms with van der Waals surface area (Å²) in [7, 11) is -9.62. The van der Waals surface area contributed by atoms with Gasteiger partial charge in [-0.2, -0.15) is 16.8 Å². The van der Waals surface area contributed by atoms with Crippen molar-refractivity contribution in [2.45, 2.75) is 9.79 Å².